The third-order valence-corrected chi connectivity index (χ3v) is 3.97. The molecule has 1 aromatic heterocycles. The molecule has 0 spiro atoms. The highest BCUT2D eigenvalue weighted by Gasteiger charge is 2.15. The van der Waals surface area contributed by atoms with E-state index in [1.807, 2.05) is 19.0 Å². The van der Waals surface area contributed by atoms with Crippen LogP contribution in [0.25, 0.3) is 17.5 Å². The van der Waals surface area contributed by atoms with Gasteiger partial charge in [0.25, 0.3) is 0 Å². The predicted octanol–water partition coefficient (Wildman–Crippen LogP) is 3.47. The van der Waals surface area contributed by atoms with Gasteiger partial charge in [0, 0.05) is 11.1 Å². The third-order valence-electron chi connectivity index (χ3n) is 3.97. The molecule has 8 heteroatoms. The SMILES string of the molecule is CN(C)Cc1nc(-c2cc(F)c(N)c(C(=N)/C=C/c3cccc(F)c3)c2)n[nH]1. The standard InChI is InChI=1S/C20H20F2N6/c1-28(2)11-18-25-20(27-26-18)13-9-15(19(24)16(22)10-13)17(23)7-6-12-4-3-5-14(21)8-12/h3-10,23H,11,24H2,1-2H3,(H,25,26,27)/b7-6+,23-17?. The lowest BCUT2D eigenvalue weighted by molar-refractivity contribution is 0.391. The zero-order valence-electron chi connectivity index (χ0n) is 15.5. The lowest BCUT2D eigenvalue weighted by Gasteiger charge is -2.08. The molecule has 3 rings (SSSR count). The second-order valence-corrected chi connectivity index (χ2v) is 6.56. The fourth-order valence-corrected chi connectivity index (χ4v) is 2.64. The highest BCUT2D eigenvalue weighted by molar-refractivity contribution is 6.12. The van der Waals surface area contributed by atoms with E-state index in [0.29, 0.717) is 29.3 Å². The Morgan fingerprint density at radius 3 is 2.75 bits per heavy atom. The van der Waals surface area contributed by atoms with Crippen LogP contribution in [0.2, 0.25) is 0 Å². The number of halogens is 2. The van der Waals surface area contributed by atoms with Crippen LogP contribution in [0.5, 0.6) is 0 Å². The van der Waals surface area contributed by atoms with E-state index >= 15 is 0 Å². The molecule has 1 heterocycles. The molecule has 0 fully saturated rings. The number of aromatic nitrogens is 3. The third kappa shape index (κ3) is 4.47. The van der Waals surface area contributed by atoms with E-state index in [2.05, 4.69) is 15.2 Å². The molecule has 4 N–H and O–H groups in total. The number of nitrogens with zero attached hydrogens (tertiary/aromatic N) is 3. The van der Waals surface area contributed by atoms with Crippen molar-refractivity contribution in [2.24, 2.45) is 0 Å². The Bertz CT molecular complexity index is 1040. The first-order chi connectivity index (χ1) is 13.3. The van der Waals surface area contributed by atoms with Gasteiger partial charge >= 0.3 is 0 Å². The van der Waals surface area contributed by atoms with Crippen molar-refractivity contribution >= 4 is 17.5 Å². The lowest BCUT2D eigenvalue weighted by atomic mass is 10.0. The first-order valence-electron chi connectivity index (χ1n) is 8.51. The van der Waals surface area contributed by atoms with Crippen LogP contribution in [-0.4, -0.2) is 39.9 Å². The van der Waals surface area contributed by atoms with E-state index in [9.17, 15) is 8.78 Å². The van der Waals surface area contributed by atoms with Crippen LogP contribution in [-0.2, 0) is 6.54 Å². The van der Waals surface area contributed by atoms with Crippen molar-refractivity contribution in [3.8, 4) is 11.4 Å². The minimum absolute atomic E-state index is 0.00781. The van der Waals surface area contributed by atoms with E-state index in [0.717, 1.165) is 0 Å². The van der Waals surface area contributed by atoms with Gasteiger partial charge in [-0.3, -0.25) is 5.10 Å². The molecule has 6 nitrogen and oxygen atoms in total. The van der Waals surface area contributed by atoms with Gasteiger partial charge in [0.1, 0.15) is 17.5 Å². The Kier molecular flexibility index (Phi) is 5.60. The Hall–Kier alpha value is -3.39. The summed E-state index contributed by atoms with van der Waals surface area (Å²) in [6.45, 7) is 0.559. The lowest BCUT2D eigenvalue weighted by Crippen LogP contribution is -2.11. The summed E-state index contributed by atoms with van der Waals surface area (Å²) in [6.07, 6.45) is 3.01. The van der Waals surface area contributed by atoms with Gasteiger partial charge in [0.2, 0.25) is 0 Å². The number of aromatic amines is 1. The molecular weight excluding hydrogens is 362 g/mol. The molecule has 0 saturated carbocycles. The molecule has 28 heavy (non-hydrogen) atoms. The Morgan fingerprint density at radius 1 is 1.25 bits per heavy atom. The largest absolute Gasteiger partial charge is 0.396 e. The normalized spacial score (nSPS) is 11.5. The predicted molar refractivity (Wildman–Crippen MR) is 106 cm³/mol. The second kappa shape index (κ2) is 8.10. The summed E-state index contributed by atoms with van der Waals surface area (Å²) in [5.74, 6) is -0.0755. The molecule has 0 saturated heterocycles. The topological polar surface area (TPSA) is 94.7 Å². The van der Waals surface area contributed by atoms with Crippen molar-refractivity contribution < 1.29 is 8.78 Å². The number of nitrogen functional groups attached to an aromatic ring is 1. The van der Waals surface area contributed by atoms with Crippen LogP contribution >= 0.6 is 0 Å². The van der Waals surface area contributed by atoms with Gasteiger partial charge in [-0.2, -0.15) is 5.10 Å². The fourth-order valence-electron chi connectivity index (χ4n) is 2.64. The quantitative estimate of drug-likeness (QED) is 0.449. The summed E-state index contributed by atoms with van der Waals surface area (Å²) in [4.78, 5) is 6.27. The van der Waals surface area contributed by atoms with Crippen LogP contribution in [0.1, 0.15) is 17.0 Å². The number of benzene rings is 2. The number of H-pyrrole nitrogens is 1. The monoisotopic (exact) mass is 382 g/mol. The van der Waals surface area contributed by atoms with Gasteiger partial charge in [-0.1, -0.05) is 18.2 Å². The molecule has 3 aromatic rings. The van der Waals surface area contributed by atoms with Gasteiger partial charge in [-0.05, 0) is 50.0 Å². The summed E-state index contributed by atoms with van der Waals surface area (Å²) < 4.78 is 27.6. The Morgan fingerprint density at radius 2 is 2.04 bits per heavy atom. The Labute approximate surface area is 161 Å². The molecule has 0 atom stereocenters. The minimum Gasteiger partial charge on any atom is -0.396 e. The van der Waals surface area contributed by atoms with Gasteiger partial charge in [-0.25, -0.2) is 13.8 Å². The smallest absolute Gasteiger partial charge is 0.181 e. The van der Waals surface area contributed by atoms with Crippen LogP contribution in [0, 0.1) is 17.0 Å². The summed E-state index contributed by atoms with van der Waals surface area (Å²) in [5, 5.41) is 15.2. The van der Waals surface area contributed by atoms with Crippen LogP contribution in [0.3, 0.4) is 0 Å². The molecule has 0 bridgehead atoms. The van der Waals surface area contributed by atoms with Crippen LogP contribution < -0.4 is 5.73 Å². The first kappa shape index (κ1) is 19.4. The van der Waals surface area contributed by atoms with E-state index in [4.69, 9.17) is 11.1 Å². The average molecular weight is 382 g/mol. The molecule has 0 aliphatic heterocycles. The fraction of sp³-hybridized carbons (Fsp3) is 0.150. The zero-order valence-corrected chi connectivity index (χ0v) is 15.5. The maximum Gasteiger partial charge on any atom is 0.181 e. The number of nitrogens with two attached hydrogens (primary N) is 1. The van der Waals surface area contributed by atoms with Crippen molar-refractivity contribution in [3.05, 3.63) is 71.1 Å². The van der Waals surface area contributed by atoms with Crippen molar-refractivity contribution in [1.29, 1.82) is 5.41 Å². The molecule has 144 valence electrons. The molecule has 0 radical (unpaired) electrons. The first-order valence-corrected chi connectivity index (χ1v) is 8.51. The van der Waals surface area contributed by atoms with Gasteiger partial charge in [0.15, 0.2) is 5.82 Å². The number of nitrogens with one attached hydrogen (secondary N) is 2. The van der Waals surface area contributed by atoms with E-state index < -0.39 is 5.82 Å². The molecule has 2 aromatic carbocycles. The summed E-state index contributed by atoms with van der Waals surface area (Å²) >= 11 is 0. The molecular formula is C20H20F2N6. The second-order valence-electron chi connectivity index (χ2n) is 6.56. The van der Waals surface area contributed by atoms with Crippen molar-refractivity contribution in [3.63, 3.8) is 0 Å². The molecule has 0 aliphatic carbocycles. The summed E-state index contributed by atoms with van der Waals surface area (Å²) in [6, 6.07) is 8.75. The van der Waals surface area contributed by atoms with E-state index in [1.54, 1.807) is 24.3 Å². The zero-order chi connectivity index (χ0) is 20.3. The Balaban J connectivity index is 1.91. The van der Waals surface area contributed by atoms with Crippen molar-refractivity contribution in [2.75, 3.05) is 19.8 Å². The minimum atomic E-state index is -0.657. The number of allylic oxidation sites excluding steroid dienone is 1. The van der Waals surface area contributed by atoms with Gasteiger partial charge in [0.05, 0.1) is 17.9 Å². The molecule has 0 amide bonds. The highest BCUT2D eigenvalue weighted by atomic mass is 19.1. The average Bonchev–Trinajstić information content (AvgIpc) is 3.09. The van der Waals surface area contributed by atoms with Crippen LogP contribution in [0.4, 0.5) is 14.5 Å². The number of rotatable bonds is 6. The molecule has 0 unspecified atom stereocenters. The highest BCUT2D eigenvalue weighted by Crippen LogP contribution is 2.25. The maximum atomic E-state index is 14.3. The van der Waals surface area contributed by atoms with Gasteiger partial charge in [-0.15, -0.1) is 0 Å². The van der Waals surface area contributed by atoms with E-state index in [-0.39, 0.29) is 22.8 Å². The van der Waals surface area contributed by atoms with Gasteiger partial charge < -0.3 is 16.0 Å². The van der Waals surface area contributed by atoms with Crippen molar-refractivity contribution in [2.45, 2.75) is 6.54 Å². The molecule has 0 aliphatic rings. The number of anilines is 1. The summed E-state index contributed by atoms with van der Waals surface area (Å²) in [5.41, 5.74) is 6.89. The number of hydrogen-bond donors (Lipinski definition) is 3. The summed E-state index contributed by atoms with van der Waals surface area (Å²) in [7, 11) is 3.80. The van der Waals surface area contributed by atoms with Crippen molar-refractivity contribution in [1.82, 2.24) is 20.1 Å². The van der Waals surface area contributed by atoms with Crippen LogP contribution in [0.15, 0.2) is 42.5 Å². The number of hydrogen-bond acceptors (Lipinski definition) is 5. The van der Waals surface area contributed by atoms with E-state index in [1.165, 1.54) is 24.3 Å². The maximum absolute atomic E-state index is 14.3.